The Morgan fingerprint density at radius 2 is 1.47 bits per heavy atom. The third kappa shape index (κ3) is 7.79. The van der Waals surface area contributed by atoms with Gasteiger partial charge in [0.15, 0.2) is 0 Å². The van der Waals surface area contributed by atoms with Gasteiger partial charge in [0.05, 0.1) is 48.0 Å². The third-order valence-corrected chi connectivity index (χ3v) is 9.93. The number of hydrogen-bond acceptors (Lipinski definition) is 9. The first kappa shape index (κ1) is 34.5. The minimum atomic E-state index is 0.0737. The fourth-order valence-corrected chi connectivity index (χ4v) is 6.97. The van der Waals surface area contributed by atoms with Crippen LogP contribution >= 0.6 is 23.2 Å². The van der Waals surface area contributed by atoms with Crippen LogP contribution in [0.3, 0.4) is 0 Å². The lowest BCUT2D eigenvalue weighted by Crippen LogP contribution is -2.44. The van der Waals surface area contributed by atoms with Gasteiger partial charge in [-0.05, 0) is 32.1 Å². The minimum absolute atomic E-state index is 0.0737. The van der Waals surface area contributed by atoms with E-state index in [1.807, 2.05) is 43.4 Å². The predicted octanol–water partition coefficient (Wildman–Crippen LogP) is 5.90. The Balaban J connectivity index is 1.21. The summed E-state index contributed by atoms with van der Waals surface area (Å²) in [6.07, 6.45) is 8.60. The van der Waals surface area contributed by atoms with Crippen LogP contribution in [0, 0.1) is 0 Å². The van der Waals surface area contributed by atoms with Crippen LogP contribution in [-0.2, 0) is 22.6 Å². The molecule has 1 unspecified atom stereocenters. The van der Waals surface area contributed by atoms with Crippen molar-refractivity contribution in [3.05, 3.63) is 70.2 Å². The first-order chi connectivity index (χ1) is 23.7. The Bertz CT molecular complexity index is 1860. The van der Waals surface area contributed by atoms with E-state index in [-0.39, 0.29) is 23.9 Å². The number of likely N-dealkylation sites (tertiary alicyclic amines) is 1. The van der Waals surface area contributed by atoms with Gasteiger partial charge < -0.3 is 25.0 Å². The number of methoxy groups -OCH3 is 2. The van der Waals surface area contributed by atoms with Crippen LogP contribution in [-0.4, -0.2) is 76.5 Å². The van der Waals surface area contributed by atoms with Crippen molar-refractivity contribution >= 4 is 35.0 Å². The average Bonchev–Trinajstić information content (AvgIpc) is 3.53. The number of aryl methyl sites for hydroxylation is 1. The molecule has 6 rings (SSSR count). The molecule has 2 aliphatic heterocycles. The summed E-state index contributed by atoms with van der Waals surface area (Å²) in [6.45, 7) is 1.14. The number of carbonyl (C=O) groups is 2. The third-order valence-electron chi connectivity index (χ3n) is 9.12. The summed E-state index contributed by atoms with van der Waals surface area (Å²) in [7, 11) is 4.96. The van der Waals surface area contributed by atoms with Gasteiger partial charge >= 0.3 is 0 Å². The summed E-state index contributed by atoms with van der Waals surface area (Å²) in [6, 6.07) is 11.7. The van der Waals surface area contributed by atoms with Crippen molar-refractivity contribution in [1.29, 1.82) is 0 Å². The maximum Gasteiger partial charge on any atom is 0.237 e. The maximum absolute atomic E-state index is 12.1. The number of carbonyl (C=O) groups excluding carboxylic acids is 2. The van der Waals surface area contributed by atoms with Crippen LogP contribution < -0.4 is 20.1 Å². The molecule has 2 N–H and O–H groups in total. The van der Waals surface area contributed by atoms with Gasteiger partial charge in [-0.15, -0.1) is 0 Å². The first-order valence-electron chi connectivity index (χ1n) is 16.4. The van der Waals surface area contributed by atoms with Crippen LogP contribution in [0.4, 0.5) is 0 Å². The number of aromatic nitrogens is 4. The van der Waals surface area contributed by atoms with E-state index in [4.69, 9.17) is 42.6 Å². The fraction of sp³-hybridized carbons (Fsp3) is 0.389. The topological polar surface area (TPSA) is 131 Å². The van der Waals surface area contributed by atoms with Crippen LogP contribution in [0.15, 0.2) is 48.8 Å². The van der Waals surface area contributed by atoms with Crippen molar-refractivity contribution < 1.29 is 19.1 Å². The Kier molecular flexibility index (Phi) is 10.9. The molecule has 0 bridgehead atoms. The zero-order valence-electron chi connectivity index (χ0n) is 27.8. The number of rotatable bonds is 12. The molecule has 49 heavy (non-hydrogen) atoms. The molecule has 256 valence electrons. The van der Waals surface area contributed by atoms with Gasteiger partial charge in [0.25, 0.3) is 0 Å². The number of hydrogen-bond donors (Lipinski definition) is 2. The van der Waals surface area contributed by atoms with E-state index in [2.05, 4.69) is 20.6 Å². The van der Waals surface area contributed by atoms with Crippen LogP contribution in [0.5, 0.6) is 11.8 Å². The molecular weight excluding hydrogens is 665 g/mol. The van der Waals surface area contributed by atoms with E-state index in [1.54, 1.807) is 31.5 Å². The summed E-state index contributed by atoms with van der Waals surface area (Å²) in [5.74, 6) is 1.07. The van der Waals surface area contributed by atoms with Gasteiger partial charge in [0, 0.05) is 67.3 Å². The molecule has 2 fully saturated rings. The van der Waals surface area contributed by atoms with Crippen LogP contribution in [0.1, 0.15) is 49.9 Å². The number of amides is 2. The second-order valence-electron chi connectivity index (χ2n) is 12.3. The van der Waals surface area contributed by atoms with E-state index in [0.717, 1.165) is 49.0 Å². The highest BCUT2D eigenvalue weighted by Gasteiger charge is 2.24. The number of nitrogens with one attached hydrogen (secondary N) is 2. The zero-order valence-corrected chi connectivity index (χ0v) is 29.3. The molecule has 0 radical (unpaired) electrons. The zero-order chi connectivity index (χ0) is 34.5. The number of piperidine rings is 1. The van der Waals surface area contributed by atoms with E-state index in [0.29, 0.717) is 75.8 Å². The van der Waals surface area contributed by atoms with Crippen molar-refractivity contribution in [2.75, 3.05) is 27.8 Å². The van der Waals surface area contributed by atoms with Gasteiger partial charge in [0.2, 0.25) is 23.6 Å². The summed E-state index contributed by atoms with van der Waals surface area (Å²) in [5, 5.41) is 7.37. The number of halogens is 2. The van der Waals surface area contributed by atoms with E-state index >= 15 is 0 Å². The van der Waals surface area contributed by atoms with Gasteiger partial charge in [0.1, 0.15) is 11.4 Å². The van der Waals surface area contributed by atoms with Crippen molar-refractivity contribution in [2.24, 2.45) is 0 Å². The lowest BCUT2D eigenvalue weighted by Gasteiger charge is -2.29. The predicted molar refractivity (Wildman–Crippen MR) is 189 cm³/mol. The fourth-order valence-electron chi connectivity index (χ4n) is 6.32. The Labute approximate surface area is 295 Å². The molecule has 11 nitrogen and oxygen atoms in total. The lowest BCUT2D eigenvalue weighted by atomic mass is 9.98. The standard InChI is InChI=1S/C36H39Cl2N7O4/c1-45-16-15-22(17-32(45)47)39-20-30-36(49-3)44-29(19-41-30)26-11-6-9-24(34(26)38)23-8-5-10-25(33(23)37)28-18-40-27(35(43-28)48-2)12-4-7-21-13-14-31(46)42-21/h5-6,8-11,18-19,21-22,39H,4,7,12-17,20H2,1-3H3,(H,42,46)/t21-,22?/m1/s1. The summed E-state index contributed by atoms with van der Waals surface area (Å²) >= 11 is 14.1. The van der Waals surface area contributed by atoms with E-state index in [9.17, 15) is 9.59 Å². The normalized spacial score (nSPS) is 17.7. The summed E-state index contributed by atoms with van der Waals surface area (Å²) in [5.41, 5.74) is 5.34. The molecule has 2 aromatic carbocycles. The molecule has 0 spiro atoms. The van der Waals surface area contributed by atoms with E-state index < -0.39 is 0 Å². The SMILES string of the molecule is COc1nc(-c2cccc(-c3cccc(-c4cnc(CNC5CCN(C)C(=O)C5)c(OC)n4)c3Cl)c2Cl)cnc1CCC[C@@H]1CCC(=O)N1. The average molecular weight is 705 g/mol. The highest BCUT2D eigenvalue weighted by atomic mass is 35.5. The molecule has 2 amide bonds. The molecular formula is C36H39Cl2N7O4. The van der Waals surface area contributed by atoms with Gasteiger partial charge in [-0.3, -0.25) is 19.6 Å². The van der Waals surface area contributed by atoms with Crippen molar-refractivity contribution in [1.82, 2.24) is 35.5 Å². The Hall–Kier alpha value is -4.32. The maximum atomic E-state index is 12.1. The highest BCUT2D eigenvalue weighted by Crippen LogP contribution is 2.42. The van der Waals surface area contributed by atoms with Gasteiger partial charge in [-0.25, -0.2) is 9.97 Å². The number of benzene rings is 2. The molecule has 2 atom stereocenters. The molecule has 4 heterocycles. The van der Waals surface area contributed by atoms with Crippen molar-refractivity contribution in [3.63, 3.8) is 0 Å². The second kappa shape index (κ2) is 15.5. The van der Waals surface area contributed by atoms with Gasteiger partial charge in [-0.2, -0.15) is 0 Å². The summed E-state index contributed by atoms with van der Waals surface area (Å²) in [4.78, 5) is 44.2. The molecule has 0 aliphatic carbocycles. The molecule has 2 aliphatic rings. The summed E-state index contributed by atoms with van der Waals surface area (Å²) < 4.78 is 11.2. The number of nitrogens with zero attached hydrogens (tertiary/aromatic N) is 5. The molecule has 2 saturated heterocycles. The molecule has 4 aromatic rings. The molecule has 13 heteroatoms. The Morgan fingerprint density at radius 1 is 0.878 bits per heavy atom. The minimum Gasteiger partial charge on any atom is -0.480 e. The van der Waals surface area contributed by atoms with Crippen molar-refractivity contribution in [2.45, 2.75) is 63.6 Å². The Morgan fingerprint density at radius 3 is 2.04 bits per heavy atom. The van der Waals surface area contributed by atoms with Gasteiger partial charge in [-0.1, -0.05) is 59.6 Å². The first-order valence-corrected chi connectivity index (χ1v) is 17.2. The highest BCUT2D eigenvalue weighted by molar-refractivity contribution is 6.39. The largest absolute Gasteiger partial charge is 0.480 e. The second-order valence-corrected chi connectivity index (χ2v) is 13.1. The van der Waals surface area contributed by atoms with Crippen LogP contribution in [0.2, 0.25) is 10.0 Å². The quantitative estimate of drug-likeness (QED) is 0.185. The van der Waals surface area contributed by atoms with Crippen molar-refractivity contribution in [3.8, 4) is 45.4 Å². The number of ether oxygens (including phenoxy) is 2. The molecule has 2 aromatic heterocycles. The van der Waals surface area contributed by atoms with Crippen LogP contribution in [0.25, 0.3) is 33.6 Å². The smallest absolute Gasteiger partial charge is 0.237 e. The lowest BCUT2D eigenvalue weighted by molar-refractivity contribution is -0.132. The monoisotopic (exact) mass is 703 g/mol. The van der Waals surface area contributed by atoms with E-state index in [1.165, 1.54) is 0 Å². The molecule has 0 saturated carbocycles.